The number of nitrogens with zero attached hydrogens (tertiary/aromatic N) is 2. The van der Waals surface area contributed by atoms with Gasteiger partial charge in [0.2, 0.25) is 0 Å². The number of aliphatic hydroxyl groups excluding tert-OH is 1. The van der Waals surface area contributed by atoms with Crippen LogP contribution in [-0.2, 0) is 0 Å². The fourth-order valence-electron chi connectivity index (χ4n) is 3.24. The summed E-state index contributed by atoms with van der Waals surface area (Å²) in [5.41, 5.74) is 6.53. The van der Waals surface area contributed by atoms with Crippen molar-refractivity contribution in [3.63, 3.8) is 0 Å². The molecule has 2 bridgehead atoms. The molecule has 0 aromatic carbocycles. The number of hydrogen-bond acceptors (Lipinski definition) is 4. The van der Waals surface area contributed by atoms with E-state index in [4.69, 9.17) is 18.0 Å². The maximum absolute atomic E-state index is 9.81. The molecule has 3 N–H and O–H groups in total. The lowest BCUT2D eigenvalue weighted by molar-refractivity contribution is 0.126. The van der Waals surface area contributed by atoms with Gasteiger partial charge in [0.1, 0.15) is 10.8 Å². The summed E-state index contributed by atoms with van der Waals surface area (Å²) in [6.45, 7) is 0. The molecule has 3 heterocycles. The quantitative estimate of drug-likeness (QED) is 0.785. The van der Waals surface area contributed by atoms with Crippen LogP contribution >= 0.6 is 12.2 Å². The minimum atomic E-state index is -0.155. The Labute approximate surface area is 112 Å². The highest BCUT2D eigenvalue weighted by atomic mass is 32.1. The standard InChI is InChI=1S/C13H17N3OS/c14-13(18)8-3-4-15-12(5-8)16-9-1-2-10(16)7-11(17)6-9/h3-5,9-11,17H,1-2,6-7H2,(H2,14,18). The Morgan fingerprint density at radius 3 is 2.67 bits per heavy atom. The van der Waals surface area contributed by atoms with Gasteiger partial charge in [0.05, 0.1) is 6.10 Å². The van der Waals surface area contributed by atoms with Gasteiger partial charge in [-0.2, -0.15) is 0 Å². The number of thiocarbonyl (C=S) groups is 1. The molecule has 1 aromatic rings. The third kappa shape index (κ3) is 1.97. The molecule has 0 amide bonds. The summed E-state index contributed by atoms with van der Waals surface area (Å²) < 4.78 is 0. The second-order valence-corrected chi connectivity index (χ2v) is 5.62. The van der Waals surface area contributed by atoms with Crippen molar-refractivity contribution in [3.8, 4) is 0 Å². The maximum Gasteiger partial charge on any atom is 0.129 e. The van der Waals surface area contributed by atoms with Crippen LogP contribution in [0.3, 0.4) is 0 Å². The molecule has 2 fully saturated rings. The first-order chi connectivity index (χ1) is 8.65. The van der Waals surface area contributed by atoms with Crippen molar-refractivity contribution in [2.24, 2.45) is 5.73 Å². The Morgan fingerprint density at radius 2 is 2.06 bits per heavy atom. The summed E-state index contributed by atoms with van der Waals surface area (Å²) in [7, 11) is 0. The first kappa shape index (κ1) is 11.9. The number of hydrogen-bond donors (Lipinski definition) is 2. The van der Waals surface area contributed by atoms with Gasteiger partial charge in [0.15, 0.2) is 0 Å². The van der Waals surface area contributed by atoms with Crippen LogP contribution < -0.4 is 10.6 Å². The smallest absolute Gasteiger partial charge is 0.129 e. The van der Waals surface area contributed by atoms with Gasteiger partial charge in [-0.15, -0.1) is 0 Å². The highest BCUT2D eigenvalue weighted by Crippen LogP contribution is 2.38. The topological polar surface area (TPSA) is 62.4 Å². The predicted molar refractivity (Wildman–Crippen MR) is 74.7 cm³/mol. The minimum Gasteiger partial charge on any atom is -0.393 e. The average molecular weight is 263 g/mol. The summed E-state index contributed by atoms with van der Waals surface area (Å²) in [5.74, 6) is 0.944. The summed E-state index contributed by atoms with van der Waals surface area (Å²) in [4.78, 5) is 7.19. The molecule has 4 nitrogen and oxygen atoms in total. The van der Waals surface area contributed by atoms with Crippen molar-refractivity contribution in [1.82, 2.24) is 4.98 Å². The molecular weight excluding hydrogens is 246 g/mol. The molecule has 2 saturated heterocycles. The van der Waals surface area contributed by atoms with E-state index in [0.29, 0.717) is 17.1 Å². The molecule has 0 spiro atoms. The zero-order chi connectivity index (χ0) is 12.7. The van der Waals surface area contributed by atoms with Crippen molar-refractivity contribution >= 4 is 23.0 Å². The lowest BCUT2D eigenvalue weighted by Crippen LogP contribution is -2.45. The number of piperidine rings is 1. The molecule has 0 saturated carbocycles. The Kier molecular flexibility index (Phi) is 2.95. The Morgan fingerprint density at radius 1 is 1.39 bits per heavy atom. The van der Waals surface area contributed by atoms with Crippen LogP contribution in [-0.4, -0.2) is 33.3 Å². The predicted octanol–water partition coefficient (Wildman–Crippen LogP) is 1.21. The highest BCUT2D eigenvalue weighted by molar-refractivity contribution is 7.80. The molecule has 2 aliphatic heterocycles. The summed E-state index contributed by atoms with van der Waals surface area (Å²) in [6, 6.07) is 4.62. The van der Waals surface area contributed by atoms with E-state index in [9.17, 15) is 5.11 Å². The van der Waals surface area contributed by atoms with E-state index in [1.807, 2.05) is 12.1 Å². The molecule has 2 atom stereocenters. The van der Waals surface area contributed by atoms with E-state index in [0.717, 1.165) is 37.1 Å². The fourth-order valence-corrected chi connectivity index (χ4v) is 3.36. The Hall–Kier alpha value is -1.20. The van der Waals surface area contributed by atoms with E-state index in [-0.39, 0.29) is 6.10 Å². The Balaban J connectivity index is 1.91. The molecule has 1 aromatic heterocycles. The maximum atomic E-state index is 9.81. The third-order valence-electron chi connectivity index (χ3n) is 4.00. The highest BCUT2D eigenvalue weighted by Gasteiger charge is 2.40. The van der Waals surface area contributed by atoms with E-state index >= 15 is 0 Å². The number of aliphatic hydroxyl groups is 1. The molecule has 0 aliphatic carbocycles. The zero-order valence-electron chi connectivity index (χ0n) is 10.1. The molecule has 2 unspecified atom stereocenters. The van der Waals surface area contributed by atoms with Crippen molar-refractivity contribution in [1.29, 1.82) is 0 Å². The van der Waals surface area contributed by atoms with Gasteiger partial charge in [-0.25, -0.2) is 4.98 Å². The van der Waals surface area contributed by atoms with Crippen LogP contribution in [0.25, 0.3) is 0 Å². The van der Waals surface area contributed by atoms with Crippen molar-refractivity contribution in [2.75, 3.05) is 4.90 Å². The number of pyridine rings is 1. The van der Waals surface area contributed by atoms with Crippen molar-refractivity contribution in [2.45, 2.75) is 43.9 Å². The monoisotopic (exact) mass is 263 g/mol. The Bertz CT molecular complexity index is 465. The van der Waals surface area contributed by atoms with Crippen LogP contribution in [0.4, 0.5) is 5.82 Å². The largest absolute Gasteiger partial charge is 0.393 e. The molecular formula is C13H17N3OS. The van der Waals surface area contributed by atoms with Gasteiger partial charge in [0, 0.05) is 23.8 Å². The SMILES string of the molecule is NC(=S)c1ccnc(N2C3CCC2CC(O)C3)c1. The van der Waals surface area contributed by atoms with Gasteiger partial charge in [-0.05, 0) is 37.8 Å². The molecule has 3 rings (SSSR count). The van der Waals surface area contributed by atoms with Gasteiger partial charge < -0.3 is 15.7 Å². The second-order valence-electron chi connectivity index (χ2n) is 5.18. The summed E-state index contributed by atoms with van der Waals surface area (Å²) >= 11 is 5.01. The van der Waals surface area contributed by atoms with Gasteiger partial charge in [-0.1, -0.05) is 12.2 Å². The molecule has 5 heteroatoms. The number of anilines is 1. The molecule has 18 heavy (non-hydrogen) atoms. The van der Waals surface area contributed by atoms with E-state index in [2.05, 4.69) is 9.88 Å². The normalized spacial score (nSPS) is 30.5. The van der Waals surface area contributed by atoms with Crippen LogP contribution in [0.5, 0.6) is 0 Å². The van der Waals surface area contributed by atoms with Gasteiger partial charge in [-0.3, -0.25) is 0 Å². The molecule has 96 valence electrons. The van der Waals surface area contributed by atoms with Crippen LogP contribution in [0.2, 0.25) is 0 Å². The van der Waals surface area contributed by atoms with Crippen molar-refractivity contribution in [3.05, 3.63) is 23.9 Å². The summed E-state index contributed by atoms with van der Waals surface area (Å²) in [6.07, 6.45) is 5.57. The van der Waals surface area contributed by atoms with Crippen LogP contribution in [0, 0.1) is 0 Å². The number of aromatic nitrogens is 1. The number of rotatable bonds is 2. The van der Waals surface area contributed by atoms with E-state index < -0.39 is 0 Å². The van der Waals surface area contributed by atoms with Crippen LogP contribution in [0.1, 0.15) is 31.2 Å². The van der Waals surface area contributed by atoms with Crippen molar-refractivity contribution < 1.29 is 5.11 Å². The third-order valence-corrected chi connectivity index (χ3v) is 4.24. The number of fused-ring (bicyclic) bond motifs is 2. The lowest BCUT2D eigenvalue weighted by Gasteiger charge is -2.38. The first-order valence-corrected chi connectivity index (χ1v) is 6.78. The fraction of sp³-hybridized carbons (Fsp3) is 0.538. The number of nitrogens with two attached hydrogens (primary N) is 1. The zero-order valence-corrected chi connectivity index (χ0v) is 10.9. The lowest BCUT2D eigenvalue weighted by atomic mass is 10.00. The van der Waals surface area contributed by atoms with Gasteiger partial charge in [0.25, 0.3) is 0 Å². The molecule has 0 radical (unpaired) electrons. The molecule has 2 aliphatic rings. The second kappa shape index (κ2) is 4.48. The van der Waals surface area contributed by atoms with Crippen LogP contribution in [0.15, 0.2) is 18.3 Å². The average Bonchev–Trinajstić information content (AvgIpc) is 2.62. The van der Waals surface area contributed by atoms with Gasteiger partial charge >= 0.3 is 0 Å². The van der Waals surface area contributed by atoms with E-state index in [1.54, 1.807) is 6.20 Å². The first-order valence-electron chi connectivity index (χ1n) is 6.37. The summed E-state index contributed by atoms with van der Waals surface area (Å²) in [5, 5.41) is 9.81. The van der Waals surface area contributed by atoms with E-state index in [1.165, 1.54) is 0 Å². The minimum absolute atomic E-state index is 0.155.